The maximum Gasteiger partial charge on any atom is -0.00199 e. The maximum atomic E-state index is 2.48. The molecule has 0 nitrogen and oxygen atoms in total. The fourth-order valence-electron chi connectivity index (χ4n) is 11.1. The third-order valence-corrected chi connectivity index (χ3v) is 13.5. The monoisotopic (exact) mass is 728 g/mol. The van der Waals surface area contributed by atoms with Crippen LogP contribution in [0.5, 0.6) is 0 Å². The molecule has 0 heteroatoms. The van der Waals surface area contributed by atoms with E-state index in [0.717, 1.165) is 0 Å². The lowest BCUT2D eigenvalue weighted by molar-refractivity contribution is 1.68. The Bertz CT molecular complexity index is 3590. The van der Waals surface area contributed by atoms with Crippen LogP contribution in [0.2, 0.25) is 0 Å². The van der Waals surface area contributed by atoms with E-state index in [-0.39, 0.29) is 0 Å². The van der Waals surface area contributed by atoms with E-state index < -0.39 is 0 Å². The Balaban J connectivity index is 1.05. The lowest BCUT2D eigenvalue weighted by atomic mass is 9.85. The Kier molecular flexibility index (Phi) is 5.85. The van der Waals surface area contributed by atoms with E-state index in [4.69, 9.17) is 0 Å². The summed E-state index contributed by atoms with van der Waals surface area (Å²) in [5.41, 5.74) is 15.8. The second kappa shape index (κ2) is 11.1. The lowest BCUT2D eigenvalue weighted by Crippen LogP contribution is -1.91. The van der Waals surface area contributed by atoms with Gasteiger partial charge < -0.3 is 0 Å². The highest BCUT2D eigenvalue weighted by molar-refractivity contribution is 6.31. The Morgan fingerprint density at radius 1 is 0.138 bits per heavy atom. The quantitative estimate of drug-likeness (QED) is 0.156. The lowest BCUT2D eigenvalue weighted by Gasteiger charge is -2.18. The Morgan fingerprint density at radius 3 is 0.828 bits per heavy atom. The third kappa shape index (κ3) is 3.85. The molecule has 0 bridgehead atoms. The van der Waals surface area contributed by atoms with Crippen molar-refractivity contribution in [1.82, 2.24) is 0 Å². The zero-order chi connectivity index (χ0) is 37.6. The number of hydrogen-bond acceptors (Lipinski definition) is 0. The summed E-state index contributed by atoms with van der Waals surface area (Å²) in [4.78, 5) is 0. The van der Waals surface area contributed by atoms with E-state index in [1.807, 2.05) is 0 Å². The van der Waals surface area contributed by atoms with Crippen LogP contribution < -0.4 is 0 Å². The minimum atomic E-state index is 1.26. The number of fused-ring (bicyclic) bond motifs is 15. The largest absolute Gasteiger partial charge is 0.0616 e. The molecule has 0 saturated heterocycles. The number of rotatable bonds is 2. The van der Waals surface area contributed by atoms with Crippen LogP contribution in [0.3, 0.4) is 0 Å². The Morgan fingerprint density at radius 2 is 0.397 bits per heavy atom. The van der Waals surface area contributed by atoms with Gasteiger partial charge in [-0.05, 0) is 166 Å². The van der Waals surface area contributed by atoms with Gasteiger partial charge in [0.2, 0.25) is 0 Å². The van der Waals surface area contributed by atoms with Crippen molar-refractivity contribution < 1.29 is 0 Å². The molecule has 58 heavy (non-hydrogen) atoms. The first-order valence-corrected chi connectivity index (χ1v) is 20.3. The van der Waals surface area contributed by atoms with Crippen molar-refractivity contribution in [2.24, 2.45) is 0 Å². The molecular weight excluding hydrogens is 697 g/mol. The molecule has 12 aromatic carbocycles. The molecule has 2 aliphatic rings. The molecule has 0 spiro atoms. The summed E-state index contributed by atoms with van der Waals surface area (Å²) in [5.74, 6) is 0. The molecule has 0 saturated carbocycles. The van der Waals surface area contributed by atoms with Gasteiger partial charge in [0.05, 0.1) is 0 Å². The second-order valence-electron chi connectivity index (χ2n) is 16.2. The van der Waals surface area contributed by atoms with E-state index in [1.165, 1.54) is 142 Å². The average molecular weight is 729 g/mol. The molecule has 14 rings (SSSR count). The molecule has 0 aromatic heterocycles. The van der Waals surface area contributed by atoms with Gasteiger partial charge in [-0.1, -0.05) is 170 Å². The van der Waals surface area contributed by atoms with Crippen LogP contribution in [-0.4, -0.2) is 0 Å². The topological polar surface area (TPSA) is 0 Å². The minimum Gasteiger partial charge on any atom is -0.0616 e. The molecule has 0 N–H and O–H groups in total. The van der Waals surface area contributed by atoms with E-state index in [0.29, 0.717) is 0 Å². The fourth-order valence-corrected chi connectivity index (χ4v) is 11.1. The highest BCUT2D eigenvalue weighted by Gasteiger charge is 2.26. The Labute approximate surface area is 334 Å². The molecule has 0 aliphatic heterocycles. The average Bonchev–Trinajstić information content (AvgIpc) is 3.79. The van der Waals surface area contributed by atoms with Crippen molar-refractivity contribution in [2.45, 2.75) is 0 Å². The SMILES string of the molecule is c1ccc2c(c1)-c1cccc3c1c-2cc1c2ccccc2c(-c2cccc4c(-c5cc6c7cccc8c7c(cc6c6ccccc56)-c5ccccc5-8)cccc24)cc31. The fraction of sp³-hybridized carbons (Fsp3) is 0. The van der Waals surface area contributed by atoms with Gasteiger partial charge >= 0.3 is 0 Å². The molecular formula is C58H32. The predicted molar refractivity (Wildman–Crippen MR) is 249 cm³/mol. The van der Waals surface area contributed by atoms with E-state index >= 15 is 0 Å². The van der Waals surface area contributed by atoms with Crippen LogP contribution in [0.4, 0.5) is 0 Å². The van der Waals surface area contributed by atoms with E-state index in [9.17, 15) is 0 Å². The van der Waals surface area contributed by atoms with Crippen LogP contribution in [0.1, 0.15) is 0 Å². The van der Waals surface area contributed by atoms with Gasteiger partial charge in [-0.2, -0.15) is 0 Å². The minimum absolute atomic E-state index is 1.26. The van der Waals surface area contributed by atoms with Crippen molar-refractivity contribution in [1.29, 1.82) is 0 Å². The Hall–Kier alpha value is -7.54. The summed E-state index contributed by atoms with van der Waals surface area (Å²) >= 11 is 0. The van der Waals surface area contributed by atoms with Crippen LogP contribution >= 0.6 is 0 Å². The summed E-state index contributed by atoms with van der Waals surface area (Å²) in [6, 6.07) is 73.3. The second-order valence-corrected chi connectivity index (χ2v) is 16.2. The van der Waals surface area contributed by atoms with Gasteiger partial charge in [-0.15, -0.1) is 0 Å². The first-order valence-electron chi connectivity index (χ1n) is 20.3. The molecule has 0 unspecified atom stereocenters. The van der Waals surface area contributed by atoms with Crippen molar-refractivity contribution >= 4 is 75.4 Å². The summed E-state index contributed by atoms with van der Waals surface area (Å²) in [7, 11) is 0. The summed E-state index contributed by atoms with van der Waals surface area (Å²) in [6.07, 6.45) is 0. The van der Waals surface area contributed by atoms with Crippen molar-refractivity contribution in [3.05, 3.63) is 194 Å². The normalized spacial score (nSPS) is 12.5. The van der Waals surface area contributed by atoms with Gasteiger partial charge in [0.1, 0.15) is 0 Å². The van der Waals surface area contributed by atoms with Gasteiger partial charge in [0.15, 0.2) is 0 Å². The molecule has 264 valence electrons. The maximum absolute atomic E-state index is 2.48. The molecule has 2 aliphatic carbocycles. The van der Waals surface area contributed by atoms with Crippen LogP contribution in [-0.2, 0) is 0 Å². The van der Waals surface area contributed by atoms with Crippen molar-refractivity contribution in [3.8, 4) is 66.8 Å². The summed E-state index contributed by atoms with van der Waals surface area (Å²) in [6.45, 7) is 0. The molecule has 12 aromatic rings. The standard InChI is InChI=1S/C58H32/c1-7-19-43-35(13-1)45-25-11-27-47-53-29-49(37-15-3-5-17-39(37)51(53)31-55(43)57(45)47)41-23-9-22-34-33(41)21-10-24-42(34)50-30-54-48-28-12-26-46-36-14-2-8-20-44(36)56(58(46)48)32-52(54)40-18-6-4-16-38(40)50/h1-32H. The van der Waals surface area contributed by atoms with Gasteiger partial charge in [-0.3, -0.25) is 0 Å². The van der Waals surface area contributed by atoms with Crippen molar-refractivity contribution in [2.75, 3.05) is 0 Å². The smallest absolute Gasteiger partial charge is 0.00199 e. The molecule has 0 heterocycles. The number of benzene rings is 12. The van der Waals surface area contributed by atoms with Gasteiger partial charge in [0.25, 0.3) is 0 Å². The highest BCUT2D eigenvalue weighted by atomic mass is 14.3. The van der Waals surface area contributed by atoms with Crippen LogP contribution in [0.15, 0.2) is 194 Å². The van der Waals surface area contributed by atoms with E-state index in [2.05, 4.69) is 194 Å². The number of hydrogen-bond donors (Lipinski definition) is 0. The van der Waals surface area contributed by atoms with Crippen molar-refractivity contribution in [3.63, 3.8) is 0 Å². The molecule has 0 fully saturated rings. The first kappa shape index (κ1) is 30.7. The zero-order valence-electron chi connectivity index (χ0n) is 31.5. The molecule has 0 atom stereocenters. The van der Waals surface area contributed by atoms with Gasteiger partial charge in [-0.25, -0.2) is 0 Å². The highest BCUT2D eigenvalue weighted by Crippen LogP contribution is 2.53. The first-order chi connectivity index (χ1) is 28.8. The molecule has 0 amide bonds. The summed E-state index contributed by atoms with van der Waals surface area (Å²) in [5, 5.41) is 18.3. The third-order valence-electron chi connectivity index (χ3n) is 13.5. The zero-order valence-corrected chi connectivity index (χ0v) is 31.5. The van der Waals surface area contributed by atoms with Crippen LogP contribution in [0, 0.1) is 0 Å². The predicted octanol–water partition coefficient (Wildman–Crippen LogP) is 16.4. The van der Waals surface area contributed by atoms with Crippen LogP contribution in [0.25, 0.3) is 142 Å². The van der Waals surface area contributed by atoms with E-state index in [1.54, 1.807) is 0 Å². The summed E-state index contributed by atoms with van der Waals surface area (Å²) < 4.78 is 0. The molecule has 0 radical (unpaired) electrons. The van der Waals surface area contributed by atoms with Gasteiger partial charge in [0, 0.05) is 0 Å².